The molecule has 0 unspecified atom stereocenters. The van der Waals surface area contributed by atoms with E-state index in [9.17, 15) is 13.2 Å². The van der Waals surface area contributed by atoms with Crippen molar-refractivity contribution in [3.05, 3.63) is 47.5 Å². The second kappa shape index (κ2) is 5.87. The molecule has 0 saturated heterocycles. The minimum absolute atomic E-state index is 0.492. The number of nitrogens with one attached hydrogen (secondary N) is 1. The molecule has 1 aromatic carbocycles. The van der Waals surface area contributed by atoms with Crippen molar-refractivity contribution < 1.29 is 13.2 Å². The van der Waals surface area contributed by atoms with Crippen LogP contribution >= 0.6 is 0 Å². The second-order valence-corrected chi connectivity index (χ2v) is 3.98. The van der Waals surface area contributed by atoms with Gasteiger partial charge in [-0.25, -0.2) is 0 Å². The fourth-order valence-corrected chi connectivity index (χ4v) is 1.54. The van der Waals surface area contributed by atoms with E-state index >= 15 is 0 Å². The Bertz CT molecular complexity index is 382. The lowest BCUT2D eigenvalue weighted by molar-refractivity contribution is -0.137. The van der Waals surface area contributed by atoms with Crippen LogP contribution in [-0.4, -0.2) is 13.6 Å². The molecule has 1 aromatic rings. The van der Waals surface area contributed by atoms with Crippen molar-refractivity contribution in [3.8, 4) is 0 Å². The maximum absolute atomic E-state index is 12.5. The number of halogens is 3. The van der Waals surface area contributed by atoms with Crippen molar-refractivity contribution in [2.24, 2.45) is 0 Å². The van der Waals surface area contributed by atoms with Crippen LogP contribution in [0.25, 0.3) is 0 Å². The van der Waals surface area contributed by atoms with Gasteiger partial charge in [0.15, 0.2) is 0 Å². The van der Waals surface area contributed by atoms with E-state index in [-0.39, 0.29) is 0 Å². The van der Waals surface area contributed by atoms with E-state index < -0.39 is 11.7 Å². The number of hydrogen-bond acceptors (Lipinski definition) is 1. The molecule has 0 aliphatic rings. The van der Waals surface area contributed by atoms with Crippen molar-refractivity contribution in [1.29, 1.82) is 0 Å². The van der Waals surface area contributed by atoms with Crippen LogP contribution in [0.4, 0.5) is 13.2 Å². The van der Waals surface area contributed by atoms with Gasteiger partial charge >= 0.3 is 6.18 Å². The van der Waals surface area contributed by atoms with Gasteiger partial charge in [0, 0.05) is 0 Å². The SMILES string of the molecule is C=C(CCNC)Cc1cccc(C(F)(F)F)c1. The summed E-state index contributed by atoms with van der Waals surface area (Å²) in [7, 11) is 1.83. The van der Waals surface area contributed by atoms with Crippen molar-refractivity contribution in [3.63, 3.8) is 0 Å². The van der Waals surface area contributed by atoms with Gasteiger partial charge < -0.3 is 5.32 Å². The van der Waals surface area contributed by atoms with E-state index in [1.165, 1.54) is 12.1 Å². The number of hydrogen-bond donors (Lipinski definition) is 1. The average molecular weight is 243 g/mol. The molecule has 1 N–H and O–H groups in total. The van der Waals surface area contributed by atoms with Crippen molar-refractivity contribution in [2.45, 2.75) is 19.0 Å². The monoisotopic (exact) mass is 243 g/mol. The van der Waals surface area contributed by atoms with Crippen LogP contribution in [0.3, 0.4) is 0 Å². The van der Waals surface area contributed by atoms with Crippen LogP contribution in [0.1, 0.15) is 17.5 Å². The normalized spacial score (nSPS) is 11.5. The van der Waals surface area contributed by atoms with Crippen molar-refractivity contribution >= 4 is 0 Å². The molecule has 4 heteroatoms. The van der Waals surface area contributed by atoms with Crippen LogP contribution < -0.4 is 5.32 Å². The summed E-state index contributed by atoms with van der Waals surface area (Å²) < 4.78 is 37.4. The summed E-state index contributed by atoms with van der Waals surface area (Å²) in [6.45, 7) is 4.65. The highest BCUT2D eigenvalue weighted by molar-refractivity contribution is 5.28. The Balaban J connectivity index is 2.69. The summed E-state index contributed by atoms with van der Waals surface area (Å²) in [5.74, 6) is 0. The van der Waals surface area contributed by atoms with Crippen LogP contribution in [-0.2, 0) is 12.6 Å². The molecule has 0 saturated carbocycles. The van der Waals surface area contributed by atoms with E-state index in [1.807, 2.05) is 7.05 Å². The highest BCUT2D eigenvalue weighted by Crippen LogP contribution is 2.29. The lowest BCUT2D eigenvalue weighted by Crippen LogP contribution is -2.09. The highest BCUT2D eigenvalue weighted by Gasteiger charge is 2.30. The predicted molar refractivity (Wildman–Crippen MR) is 62.8 cm³/mol. The minimum Gasteiger partial charge on any atom is -0.319 e. The molecule has 1 rings (SSSR count). The highest BCUT2D eigenvalue weighted by atomic mass is 19.4. The summed E-state index contributed by atoms with van der Waals surface area (Å²) in [6.07, 6.45) is -3.01. The van der Waals surface area contributed by atoms with Gasteiger partial charge in [0.1, 0.15) is 0 Å². The molecule has 17 heavy (non-hydrogen) atoms. The fourth-order valence-electron chi connectivity index (χ4n) is 1.54. The summed E-state index contributed by atoms with van der Waals surface area (Å²) >= 11 is 0. The van der Waals surface area contributed by atoms with Crippen LogP contribution in [0.15, 0.2) is 36.4 Å². The molecule has 0 atom stereocenters. The molecular formula is C13H16F3N. The zero-order chi connectivity index (χ0) is 12.9. The van der Waals surface area contributed by atoms with Gasteiger partial charge in [0.2, 0.25) is 0 Å². The smallest absolute Gasteiger partial charge is 0.319 e. The minimum atomic E-state index is -4.28. The van der Waals surface area contributed by atoms with E-state index in [0.29, 0.717) is 12.0 Å². The summed E-state index contributed by atoms with van der Waals surface area (Å²) in [5, 5.41) is 2.98. The van der Waals surface area contributed by atoms with Gasteiger partial charge in [-0.05, 0) is 38.1 Å². The number of benzene rings is 1. The van der Waals surface area contributed by atoms with Crippen LogP contribution in [0, 0.1) is 0 Å². The molecule has 94 valence electrons. The van der Waals surface area contributed by atoms with E-state index in [1.54, 1.807) is 6.07 Å². The summed E-state index contributed by atoms with van der Waals surface area (Å²) in [5.41, 5.74) is 0.982. The van der Waals surface area contributed by atoms with Crippen molar-refractivity contribution in [2.75, 3.05) is 13.6 Å². The molecule has 0 amide bonds. The summed E-state index contributed by atoms with van der Waals surface area (Å²) in [4.78, 5) is 0. The Hall–Kier alpha value is -1.29. The Morgan fingerprint density at radius 1 is 1.35 bits per heavy atom. The van der Waals surface area contributed by atoms with Gasteiger partial charge in [-0.3, -0.25) is 0 Å². The molecule has 0 fully saturated rings. The first-order valence-electron chi connectivity index (χ1n) is 5.41. The Morgan fingerprint density at radius 3 is 2.65 bits per heavy atom. The molecule has 0 spiro atoms. The predicted octanol–water partition coefficient (Wildman–Crippen LogP) is 3.41. The van der Waals surface area contributed by atoms with Crippen LogP contribution in [0.5, 0.6) is 0 Å². The van der Waals surface area contributed by atoms with E-state index in [4.69, 9.17) is 0 Å². The van der Waals surface area contributed by atoms with E-state index in [2.05, 4.69) is 11.9 Å². The molecule has 0 radical (unpaired) electrons. The third-order valence-corrected chi connectivity index (χ3v) is 2.44. The molecular weight excluding hydrogens is 227 g/mol. The van der Waals surface area contributed by atoms with Crippen molar-refractivity contribution in [1.82, 2.24) is 5.32 Å². The third-order valence-electron chi connectivity index (χ3n) is 2.44. The molecule has 0 bridgehead atoms. The Labute approximate surface area is 99.3 Å². The Morgan fingerprint density at radius 2 is 2.06 bits per heavy atom. The summed E-state index contributed by atoms with van der Waals surface area (Å²) in [6, 6.07) is 5.40. The first-order chi connectivity index (χ1) is 7.93. The lowest BCUT2D eigenvalue weighted by Gasteiger charge is -2.10. The third kappa shape index (κ3) is 4.61. The second-order valence-electron chi connectivity index (χ2n) is 3.98. The van der Waals surface area contributed by atoms with Gasteiger partial charge in [-0.15, -0.1) is 0 Å². The molecule has 0 heterocycles. The molecule has 1 nitrogen and oxygen atoms in total. The average Bonchev–Trinajstić information content (AvgIpc) is 2.25. The molecule has 0 aliphatic heterocycles. The lowest BCUT2D eigenvalue weighted by atomic mass is 10.0. The zero-order valence-corrected chi connectivity index (χ0v) is 9.77. The topological polar surface area (TPSA) is 12.0 Å². The maximum atomic E-state index is 12.5. The van der Waals surface area contributed by atoms with E-state index in [0.717, 1.165) is 24.6 Å². The molecule has 0 aliphatic carbocycles. The number of rotatable bonds is 5. The van der Waals surface area contributed by atoms with Crippen LogP contribution in [0.2, 0.25) is 0 Å². The maximum Gasteiger partial charge on any atom is 0.416 e. The molecule has 0 aromatic heterocycles. The van der Waals surface area contributed by atoms with Gasteiger partial charge in [-0.1, -0.05) is 30.4 Å². The fraction of sp³-hybridized carbons (Fsp3) is 0.385. The number of alkyl halides is 3. The van der Waals surface area contributed by atoms with Gasteiger partial charge in [0.05, 0.1) is 5.56 Å². The zero-order valence-electron chi connectivity index (χ0n) is 9.77. The quantitative estimate of drug-likeness (QED) is 0.781. The van der Waals surface area contributed by atoms with Gasteiger partial charge in [-0.2, -0.15) is 13.2 Å². The largest absolute Gasteiger partial charge is 0.416 e. The first-order valence-corrected chi connectivity index (χ1v) is 5.41. The standard InChI is InChI=1S/C13H16F3N/c1-10(6-7-17-2)8-11-4-3-5-12(9-11)13(14,15)16/h3-5,9,17H,1,6-8H2,2H3. The first kappa shape index (κ1) is 13.8. The Kier molecular flexibility index (Phi) is 4.75. The van der Waals surface area contributed by atoms with Gasteiger partial charge in [0.25, 0.3) is 0 Å².